The summed E-state index contributed by atoms with van der Waals surface area (Å²) >= 11 is 1.81. The first-order valence-electron chi connectivity index (χ1n) is 7.08. The summed E-state index contributed by atoms with van der Waals surface area (Å²) in [7, 11) is -3.12. The quantitative estimate of drug-likeness (QED) is 0.904. The summed E-state index contributed by atoms with van der Waals surface area (Å²) in [4.78, 5) is 4.87. The predicted molar refractivity (Wildman–Crippen MR) is 89.5 cm³/mol. The van der Waals surface area contributed by atoms with E-state index in [-0.39, 0.29) is 0 Å². The Kier molecular flexibility index (Phi) is 5.32. The molecule has 1 unspecified atom stereocenters. The van der Waals surface area contributed by atoms with Gasteiger partial charge < -0.3 is 5.32 Å². The van der Waals surface area contributed by atoms with Crippen molar-refractivity contribution in [1.82, 2.24) is 5.32 Å². The molecule has 1 aromatic rings. The van der Waals surface area contributed by atoms with Crippen molar-refractivity contribution in [2.45, 2.75) is 37.0 Å². The summed E-state index contributed by atoms with van der Waals surface area (Å²) in [6.45, 7) is 6.02. The van der Waals surface area contributed by atoms with E-state index in [1.165, 1.54) is 12.7 Å². The van der Waals surface area contributed by atoms with Crippen molar-refractivity contribution >= 4 is 26.8 Å². The van der Waals surface area contributed by atoms with Crippen LogP contribution in [-0.4, -0.2) is 31.6 Å². The van der Waals surface area contributed by atoms with Gasteiger partial charge in [0.1, 0.15) is 0 Å². The third-order valence-electron chi connectivity index (χ3n) is 3.25. The first-order valence-corrected chi connectivity index (χ1v) is 9.85. The number of hydrogen-bond acceptors (Lipinski definition) is 5. The van der Waals surface area contributed by atoms with Gasteiger partial charge in [0.25, 0.3) is 0 Å². The summed E-state index contributed by atoms with van der Waals surface area (Å²) in [5.74, 6) is 0.695. The minimum atomic E-state index is -3.12. The maximum absolute atomic E-state index is 11.4. The third kappa shape index (κ3) is 5.04. The van der Waals surface area contributed by atoms with E-state index in [1.54, 1.807) is 12.1 Å². The molecule has 116 valence electrons. The van der Waals surface area contributed by atoms with E-state index >= 15 is 0 Å². The Bertz CT molecular complexity index is 607. The molecule has 0 bridgehead atoms. The zero-order valence-corrected chi connectivity index (χ0v) is 14.3. The van der Waals surface area contributed by atoms with E-state index in [0.29, 0.717) is 22.6 Å². The number of thioether (sulfide) groups is 1. The molecule has 0 radical (unpaired) electrons. The molecule has 1 atom stereocenters. The number of aliphatic imine (C=N–C) groups is 1. The van der Waals surface area contributed by atoms with Crippen LogP contribution in [0.2, 0.25) is 0 Å². The van der Waals surface area contributed by atoms with Gasteiger partial charge in [-0.25, -0.2) is 8.42 Å². The highest BCUT2D eigenvalue weighted by Crippen LogP contribution is 2.25. The van der Waals surface area contributed by atoms with Crippen molar-refractivity contribution < 1.29 is 8.42 Å². The highest BCUT2D eigenvalue weighted by molar-refractivity contribution is 8.14. The maximum Gasteiger partial charge on any atom is 0.175 e. The van der Waals surface area contributed by atoms with E-state index < -0.39 is 9.84 Å². The average molecular weight is 326 g/mol. The number of sulfone groups is 1. The van der Waals surface area contributed by atoms with Crippen LogP contribution >= 0.6 is 11.8 Å². The molecule has 6 heteroatoms. The van der Waals surface area contributed by atoms with Crippen LogP contribution in [0, 0.1) is 5.92 Å². The Morgan fingerprint density at radius 1 is 1.33 bits per heavy atom. The molecule has 2 rings (SSSR count). The second kappa shape index (κ2) is 6.83. The van der Waals surface area contributed by atoms with Crippen LogP contribution in [0.3, 0.4) is 0 Å². The second-order valence-electron chi connectivity index (χ2n) is 5.78. The van der Waals surface area contributed by atoms with Gasteiger partial charge in [-0.1, -0.05) is 37.7 Å². The number of rotatable bonds is 5. The largest absolute Gasteiger partial charge is 0.361 e. The normalized spacial score (nSPS) is 18.9. The molecule has 4 nitrogen and oxygen atoms in total. The lowest BCUT2D eigenvalue weighted by molar-refractivity contribution is 0.575. The van der Waals surface area contributed by atoms with Crippen molar-refractivity contribution in [3.63, 3.8) is 0 Å². The van der Waals surface area contributed by atoms with Crippen LogP contribution in [0.5, 0.6) is 0 Å². The fourth-order valence-electron chi connectivity index (χ4n) is 2.20. The number of nitrogens with zero attached hydrogens (tertiary/aromatic N) is 1. The van der Waals surface area contributed by atoms with Crippen LogP contribution in [-0.2, 0) is 16.4 Å². The van der Waals surface area contributed by atoms with Crippen molar-refractivity contribution in [3.05, 3.63) is 29.8 Å². The second-order valence-corrected chi connectivity index (χ2v) is 9.09. The molecule has 0 fully saturated rings. The first-order chi connectivity index (χ1) is 9.84. The van der Waals surface area contributed by atoms with Crippen LogP contribution in [0.1, 0.15) is 25.8 Å². The minimum absolute atomic E-state index is 0.357. The van der Waals surface area contributed by atoms with Gasteiger partial charge >= 0.3 is 0 Å². The van der Waals surface area contributed by atoms with Crippen molar-refractivity contribution in [3.8, 4) is 0 Å². The fraction of sp³-hybridized carbons (Fsp3) is 0.533. The Hall–Kier alpha value is -1.01. The first kappa shape index (κ1) is 16.4. The molecule has 1 aromatic carbocycles. The molecule has 0 amide bonds. The lowest BCUT2D eigenvalue weighted by atomic mass is 10.1. The molecule has 0 saturated heterocycles. The standard InChI is InChI=1S/C15H22N2O2S2/c1-11(2)8-13-10-17-15(20-13)16-9-12-4-6-14(7-5-12)21(3,18)19/h4-7,11,13H,8-10H2,1-3H3,(H,16,17). The van der Waals surface area contributed by atoms with Crippen molar-refractivity contribution in [2.75, 3.05) is 12.8 Å². The predicted octanol–water partition coefficient (Wildman–Crippen LogP) is 2.70. The van der Waals surface area contributed by atoms with Gasteiger partial charge in [0.05, 0.1) is 11.4 Å². The van der Waals surface area contributed by atoms with Gasteiger partial charge in [-0.3, -0.25) is 4.99 Å². The monoisotopic (exact) mass is 326 g/mol. The zero-order valence-electron chi connectivity index (χ0n) is 12.7. The topological polar surface area (TPSA) is 58.5 Å². The van der Waals surface area contributed by atoms with E-state index in [9.17, 15) is 8.42 Å². The van der Waals surface area contributed by atoms with Gasteiger partial charge in [0, 0.05) is 18.1 Å². The van der Waals surface area contributed by atoms with Crippen LogP contribution < -0.4 is 5.32 Å². The van der Waals surface area contributed by atoms with Crippen molar-refractivity contribution in [2.24, 2.45) is 10.9 Å². The summed E-state index contributed by atoms with van der Waals surface area (Å²) in [6.07, 6.45) is 2.40. The van der Waals surface area contributed by atoms with Crippen LogP contribution in [0.15, 0.2) is 34.2 Å². The fourth-order valence-corrected chi connectivity index (χ4v) is 4.08. The number of amidine groups is 1. The number of nitrogens with one attached hydrogen (secondary N) is 1. The zero-order chi connectivity index (χ0) is 15.5. The summed E-state index contributed by atoms with van der Waals surface area (Å²) in [5.41, 5.74) is 1.05. The molecule has 0 saturated carbocycles. The molecule has 1 heterocycles. The Labute approximate surface area is 131 Å². The minimum Gasteiger partial charge on any atom is -0.361 e. The Balaban J connectivity index is 1.84. The molecule has 0 aromatic heterocycles. The van der Waals surface area contributed by atoms with E-state index in [4.69, 9.17) is 0 Å². The highest BCUT2D eigenvalue weighted by atomic mass is 32.2. The number of hydrogen-bond donors (Lipinski definition) is 1. The van der Waals surface area contributed by atoms with E-state index in [2.05, 4.69) is 24.2 Å². The number of benzene rings is 1. The Morgan fingerprint density at radius 3 is 2.57 bits per heavy atom. The molecular weight excluding hydrogens is 304 g/mol. The van der Waals surface area contributed by atoms with E-state index in [0.717, 1.165) is 17.3 Å². The molecule has 21 heavy (non-hydrogen) atoms. The molecule has 1 aliphatic rings. The summed E-state index contributed by atoms with van der Waals surface area (Å²) in [6, 6.07) is 6.99. The molecular formula is C15H22N2O2S2. The average Bonchev–Trinajstić information content (AvgIpc) is 2.82. The molecule has 1 aliphatic heterocycles. The lowest BCUT2D eigenvalue weighted by Crippen LogP contribution is -2.19. The summed E-state index contributed by atoms with van der Waals surface area (Å²) in [5, 5.41) is 4.90. The van der Waals surface area contributed by atoms with Gasteiger partial charge in [-0.2, -0.15) is 0 Å². The third-order valence-corrected chi connectivity index (χ3v) is 5.55. The van der Waals surface area contributed by atoms with Crippen molar-refractivity contribution in [1.29, 1.82) is 0 Å². The summed E-state index contributed by atoms with van der Waals surface area (Å²) < 4.78 is 22.8. The molecule has 0 aliphatic carbocycles. The van der Waals surface area contributed by atoms with Gasteiger partial charge in [-0.15, -0.1) is 0 Å². The van der Waals surface area contributed by atoms with Crippen LogP contribution in [0.25, 0.3) is 0 Å². The lowest BCUT2D eigenvalue weighted by Gasteiger charge is -2.11. The molecule has 0 spiro atoms. The SMILES string of the molecule is CC(C)CC1CN=C(NCc2ccc(S(C)(=O)=O)cc2)S1. The van der Waals surface area contributed by atoms with Gasteiger partial charge in [0.15, 0.2) is 15.0 Å². The molecule has 1 N–H and O–H groups in total. The Morgan fingerprint density at radius 2 is 2.00 bits per heavy atom. The maximum atomic E-state index is 11.4. The van der Waals surface area contributed by atoms with E-state index in [1.807, 2.05) is 23.9 Å². The highest BCUT2D eigenvalue weighted by Gasteiger charge is 2.20. The van der Waals surface area contributed by atoms with Gasteiger partial charge in [0.2, 0.25) is 0 Å². The smallest absolute Gasteiger partial charge is 0.175 e. The van der Waals surface area contributed by atoms with Crippen LogP contribution in [0.4, 0.5) is 0 Å². The van der Waals surface area contributed by atoms with Gasteiger partial charge in [-0.05, 0) is 30.0 Å².